The highest BCUT2D eigenvalue weighted by Crippen LogP contribution is 2.18. The molecule has 5 nitrogen and oxygen atoms in total. The van der Waals surface area contributed by atoms with Crippen molar-refractivity contribution in [1.29, 1.82) is 0 Å². The Hall–Kier alpha value is -2.09. The number of hydrogen-bond donors (Lipinski definition) is 2. The van der Waals surface area contributed by atoms with Gasteiger partial charge >= 0.3 is 0 Å². The molecule has 0 bridgehead atoms. The Bertz CT molecular complexity index is 756. The van der Waals surface area contributed by atoms with Crippen LogP contribution in [-0.4, -0.2) is 20.7 Å². The number of H-pyrrole nitrogens is 1. The minimum Gasteiger partial charge on any atom is -0.348 e. The molecular weight excluding hydrogens is 322 g/mol. The Morgan fingerprint density at radius 3 is 2.91 bits per heavy atom. The van der Waals surface area contributed by atoms with Gasteiger partial charge < -0.3 is 5.32 Å². The molecule has 0 aliphatic heterocycles. The van der Waals surface area contributed by atoms with Crippen LogP contribution in [0.3, 0.4) is 0 Å². The lowest BCUT2D eigenvalue weighted by molar-refractivity contribution is -0.122. The van der Waals surface area contributed by atoms with Crippen molar-refractivity contribution in [3.63, 3.8) is 0 Å². The summed E-state index contributed by atoms with van der Waals surface area (Å²) in [6, 6.07) is 3.22. The lowest BCUT2D eigenvalue weighted by Gasteiger charge is -2.16. The highest BCUT2D eigenvalue weighted by atomic mass is 32.1. The third kappa shape index (κ3) is 4.01. The number of carbonyl (C=O) groups excluding carboxylic acids is 1. The summed E-state index contributed by atoms with van der Waals surface area (Å²) in [6.07, 6.45) is 1.56. The molecule has 1 heterocycles. The Kier molecular flexibility index (Phi) is 5.59. The van der Waals surface area contributed by atoms with Gasteiger partial charge in [-0.25, -0.2) is 8.78 Å². The van der Waals surface area contributed by atoms with Gasteiger partial charge in [0, 0.05) is 12.0 Å². The number of benzene rings is 1. The van der Waals surface area contributed by atoms with Crippen molar-refractivity contribution in [1.82, 2.24) is 20.1 Å². The van der Waals surface area contributed by atoms with E-state index in [1.54, 1.807) is 11.5 Å². The standard InChI is InChI=1S/C15H18F2N4OS/c1-3-5-12-19-20-15(23)21(12)8-13(22)18-9(2)10-6-4-7-11(16)14(10)17/h4,6-7,9H,3,5,8H2,1-2H3,(H,18,22)(H,20,23)/t9-/m0/s1. The van der Waals surface area contributed by atoms with Gasteiger partial charge in [0.15, 0.2) is 16.4 Å². The van der Waals surface area contributed by atoms with E-state index in [-0.39, 0.29) is 18.0 Å². The van der Waals surface area contributed by atoms with Crippen molar-refractivity contribution >= 4 is 18.1 Å². The van der Waals surface area contributed by atoms with Gasteiger partial charge in [0.05, 0.1) is 6.04 Å². The molecular formula is C15H18F2N4OS. The van der Waals surface area contributed by atoms with Crippen LogP contribution in [0.2, 0.25) is 0 Å². The molecule has 1 atom stereocenters. The molecule has 2 N–H and O–H groups in total. The fourth-order valence-electron chi connectivity index (χ4n) is 2.29. The van der Waals surface area contributed by atoms with Crippen molar-refractivity contribution in [2.75, 3.05) is 0 Å². The van der Waals surface area contributed by atoms with Crippen LogP contribution in [0, 0.1) is 16.4 Å². The van der Waals surface area contributed by atoms with E-state index >= 15 is 0 Å². The van der Waals surface area contributed by atoms with Crippen molar-refractivity contribution < 1.29 is 13.6 Å². The maximum Gasteiger partial charge on any atom is 0.240 e. The molecule has 0 saturated heterocycles. The van der Waals surface area contributed by atoms with Crippen LogP contribution in [0.1, 0.15) is 37.7 Å². The van der Waals surface area contributed by atoms with Crippen LogP contribution < -0.4 is 5.32 Å². The molecule has 8 heteroatoms. The second-order valence-electron chi connectivity index (χ2n) is 5.21. The van der Waals surface area contributed by atoms with Crippen LogP contribution in [0.15, 0.2) is 18.2 Å². The van der Waals surface area contributed by atoms with Crippen LogP contribution in [0.4, 0.5) is 8.78 Å². The number of hydrogen-bond acceptors (Lipinski definition) is 3. The lowest BCUT2D eigenvalue weighted by Crippen LogP contribution is -2.31. The first-order valence-corrected chi connectivity index (χ1v) is 7.72. The molecule has 1 amide bonds. The topological polar surface area (TPSA) is 62.7 Å². The number of amides is 1. The minimum absolute atomic E-state index is 0.0219. The fourth-order valence-corrected chi connectivity index (χ4v) is 2.51. The first kappa shape index (κ1) is 17.3. The summed E-state index contributed by atoms with van der Waals surface area (Å²) < 4.78 is 29.0. The summed E-state index contributed by atoms with van der Waals surface area (Å²) in [4.78, 5) is 12.2. The average molecular weight is 340 g/mol. The number of aromatic amines is 1. The van der Waals surface area contributed by atoms with Crippen LogP contribution in [0.25, 0.3) is 0 Å². The SMILES string of the molecule is CCCc1n[nH]c(=S)n1CC(=O)N[C@@H](C)c1cccc(F)c1F. The predicted octanol–water partition coefficient (Wildman–Crippen LogP) is 3.05. The summed E-state index contributed by atoms with van der Waals surface area (Å²) in [7, 11) is 0. The second-order valence-corrected chi connectivity index (χ2v) is 5.60. The number of nitrogens with zero attached hydrogens (tertiary/aromatic N) is 2. The van der Waals surface area contributed by atoms with Crippen molar-refractivity contribution in [2.45, 2.75) is 39.3 Å². The summed E-state index contributed by atoms with van der Waals surface area (Å²) in [6.45, 7) is 3.57. The van der Waals surface area contributed by atoms with Crippen molar-refractivity contribution in [3.8, 4) is 0 Å². The van der Waals surface area contributed by atoms with Gasteiger partial charge in [-0.15, -0.1) is 0 Å². The molecule has 23 heavy (non-hydrogen) atoms. The van der Waals surface area contributed by atoms with Gasteiger partial charge in [0.1, 0.15) is 12.4 Å². The second kappa shape index (κ2) is 7.45. The van der Waals surface area contributed by atoms with E-state index in [2.05, 4.69) is 15.5 Å². The number of nitrogens with one attached hydrogen (secondary N) is 2. The molecule has 2 aromatic rings. The fraction of sp³-hybridized carbons (Fsp3) is 0.400. The van der Waals surface area contributed by atoms with E-state index in [1.165, 1.54) is 12.1 Å². The van der Waals surface area contributed by atoms with Gasteiger partial charge in [-0.05, 0) is 31.6 Å². The first-order chi connectivity index (χ1) is 10.9. The molecule has 0 aliphatic carbocycles. The quantitative estimate of drug-likeness (QED) is 0.795. The molecule has 1 aromatic heterocycles. The zero-order valence-corrected chi connectivity index (χ0v) is 13.7. The summed E-state index contributed by atoms with van der Waals surface area (Å²) in [5, 5.41) is 9.38. The Labute approximate surface area is 137 Å². The summed E-state index contributed by atoms with van der Waals surface area (Å²) in [5.74, 6) is -1.55. The van der Waals surface area contributed by atoms with Gasteiger partial charge in [-0.1, -0.05) is 19.1 Å². The number of aryl methyl sites for hydroxylation is 1. The van der Waals surface area contributed by atoms with Crippen LogP contribution in [-0.2, 0) is 17.8 Å². The molecule has 0 unspecified atom stereocenters. The highest BCUT2D eigenvalue weighted by Gasteiger charge is 2.17. The predicted molar refractivity (Wildman–Crippen MR) is 84.3 cm³/mol. The summed E-state index contributed by atoms with van der Waals surface area (Å²) in [5.41, 5.74) is 0.0999. The summed E-state index contributed by atoms with van der Waals surface area (Å²) >= 11 is 5.11. The van der Waals surface area contributed by atoms with E-state index in [0.29, 0.717) is 17.0 Å². The van der Waals surface area contributed by atoms with Gasteiger partial charge in [0.25, 0.3) is 0 Å². The lowest BCUT2D eigenvalue weighted by atomic mass is 10.1. The molecule has 0 aliphatic rings. The monoisotopic (exact) mass is 340 g/mol. The maximum absolute atomic E-state index is 13.7. The molecule has 0 spiro atoms. The van der Waals surface area contributed by atoms with Gasteiger partial charge in [-0.2, -0.15) is 5.10 Å². The Morgan fingerprint density at radius 2 is 2.22 bits per heavy atom. The van der Waals surface area contributed by atoms with E-state index in [0.717, 1.165) is 12.5 Å². The molecule has 2 rings (SSSR count). The normalized spacial score (nSPS) is 12.2. The molecule has 1 aromatic carbocycles. The van der Waals surface area contributed by atoms with E-state index in [9.17, 15) is 13.6 Å². The third-order valence-electron chi connectivity index (χ3n) is 3.44. The zero-order chi connectivity index (χ0) is 17.0. The zero-order valence-electron chi connectivity index (χ0n) is 12.9. The molecule has 0 saturated carbocycles. The Balaban J connectivity index is 2.09. The Morgan fingerprint density at radius 1 is 1.48 bits per heavy atom. The average Bonchev–Trinajstić information content (AvgIpc) is 2.83. The van der Waals surface area contributed by atoms with Gasteiger partial charge in [0.2, 0.25) is 5.91 Å². The van der Waals surface area contributed by atoms with Crippen molar-refractivity contribution in [2.24, 2.45) is 0 Å². The number of carbonyl (C=O) groups is 1. The van der Waals surface area contributed by atoms with E-state index in [1.807, 2.05) is 6.92 Å². The van der Waals surface area contributed by atoms with Crippen LogP contribution >= 0.6 is 12.2 Å². The third-order valence-corrected chi connectivity index (χ3v) is 3.75. The molecule has 0 radical (unpaired) electrons. The van der Waals surface area contributed by atoms with Crippen molar-refractivity contribution in [3.05, 3.63) is 46.0 Å². The number of aromatic nitrogens is 3. The highest BCUT2D eigenvalue weighted by molar-refractivity contribution is 7.71. The van der Waals surface area contributed by atoms with Gasteiger partial charge in [-0.3, -0.25) is 14.5 Å². The number of rotatable bonds is 6. The molecule has 124 valence electrons. The smallest absolute Gasteiger partial charge is 0.240 e. The maximum atomic E-state index is 13.7. The van der Waals surface area contributed by atoms with Crippen LogP contribution in [0.5, 0.6) is 0 Å². The largest absolute Gasteiger partial charge is 0.348 e. The first-order valence-electron chi connectivity index (χ1n) is 7.31. The minimum atomic E-state index is -0.952. The number of halogens is 2. The van der Waals surface area contributed by atoms with E-state index < -0.39 is 17.7 Å². The van der Waals surface area contributed by atoms with E-state index in [4.69, 9.17) is 12.2 Å². The molecule has 0 fully saturated rings.